The number of amides is 2. The lowest BCUT2D eigenvalue weighted by atomic mass is 10.3. The van der Waals surface area contributed by atoms with Crippen LogP contribution in [-0.4, -0.2) is 58.9 Å². The van der Waals surface area contributed by atoms with E-state index in [1.165, 1.54) is 6.26 Å². The Balaban J connectivity index is 1.34. The average Bonchev–Trinajstić information content (AvgIpc) is 3.30. The molecule has 130 valence electrons. The first-order valence-electron chi connectivity index (χ1n) is 8.41. The van der Waals surface area contributed by atoms with Crippen LogP contribution in [0.4, 0.5) is 5.95 Å². The van der Waals surface area contributed by atoms with Gasteiger partial charge in [0.2, 0.25) is 5.95 Å². The van der Waals surface area contributed by atoms with Crippen LogP contribution in [0.2, 0.25) is 0 Å². The van der Waals surface area contributed by atoms with Gasteiger partial charge in [-0.15, -0.1) is 0 Å². The predicted octanol–water partition coefficient (Wildman–Crippen LogP) is 0.924. The third kappa shape index (κ3) is 3.47. The molecule has 1 aliphatic carbocycles. The van der Waals surface area contributed by atoms with Crippen molar-refractivity contribution in [3.63, 3.8) is 0 Å². The second-order valence-corrected chi connectivity index (χ2v) is 6.28. The minimum Gasteiger partial charge on any atom is -0.459 e. The molecule has 8 heteroatoms. The maximum atomic E-state index is 12.3. The van der Waals surface area contributed by atoms with Crippen molar-refractivity contribution >= 4 is 17.8 Å². The quantitative estimate of drug-likeness (QED) is 0.889. The first-order chi connectivity index (χ1) is 12.2. The first-order valence-corrected chi connectivity index (χ1v) is 8.41. The highest BCUT2D eigenvalue weighted by atomic mass is 16.3. The molecule has 0 bridgehead atoms. The Morgan fingerprint density at radius 1 is 1.12 bits per heavy atom. The Bertz CT molecular complexity index is 747. The van der Waals surface area contributed by atoms with Crippen molar-refractivity contribution in [1.82, 2.24) is 20.2 Å². The molecule has 2 amide bonds. The summed E-state index contributed by atoms with van der Waals surface area (Å²) in [6.45, 7) is 2.43. The van der Waals surface area contributed by atoms with Gasteiger partial charge in [-0.05, 0) is 25.0 Å². The molecule has 1 saturated carbocycles. The van der Waals surface area contributed by atoms with Gasteiger partial charge in [-0.1, -0.05) is 0 Å². The molecular formula is C17H19N5O3. The largest absolute Gasteiger partial charge is 0.459 e. The summed E-state index contributed by atoms with van der Waals surface area (Å²) in [5.41, 5.74) is 0.474. The summed E-state index contributed by atoms with van der Waals surface area (Å²) in [5.74, 6) is 0.712. The van der Waals surface area contributed by atoms with E-state index in [1.807, 2.05) is 4.90 Å². The van der Waals surface area contributed by atoms with Crippen LogP contribution < -0.4 is 10.2 Å². The fraction of sp³-hybridized carbons (Fsp3) is 0.412. The van der Waals surface area contributed by atoms with Gasteiger partial charge in [0, 0.05) is 44.6 Å². The van der Waals surface area contributed by atoms with E-state index >= 15 is 0 Å². The molecule has 2 fully saturated rings. The Hall–Kier alpha value is -2.90. The highest BCUT2D eigenvalue weighted by Crippen LogP contribution is 2.19. The van der Waals surface area contributed by atoms with Crippen molar-refractivity contribution < 1.29 is 14.0 Å². The van der Waals surface area contributed by atoms with Gasteiger partial charge >= 0.3 is 0 Å². The van der Waals surface area contributed by atoms with Crippen molar-refractivity contribution in [2.24, 2.45) is 0 Å². The van der Waals surface area contributed by atoms with Crippen LogP contribution in [0, 0.1) is 0 Å². The lowest BCUT2D eigenvalue weighted by Gasteiger charge is -2.34. The summed E-state index contributed by atoms with van der Waals surface area (Å²) in [4.78, 5) is 36.6. The molecule has 4 rings (SSSR count). The number of anilines is 1. The summed E-state index contributed by atoms with van der Waals surface area (Å²) in [7, 11) is 0. The lowest BCUT2D eigenvalue weighted by Crippen LogP contribution is -2.49. The van der Waals surface area contributed by atoms with E-state index in [0.717, 1.165) is 12.8 Å². The van der Waals surface area contributed by atoms with Crippen molar-refractivity contribution in [2.45, 2.75) is 18.9 Å². The number of carbonyl (C=O) groups is 2. The number of hydrogen-bond donors (Lipinski definition) is 1. The molecule has 0 unspecified atom stereocenters. The lowest BCUT2D eigenvalue weighted by molar-refractivity contribution is 0.0714. The van der Waals surface area contributed by atoms with E-state index in [4.69, 9.17) is 4.42 Å². The minimum atomic E-state index is -0.122. The Labute approximate surface area is 144 Å². The third-order valence-corrected chi connectivity index (χ3v) is 4.39. The smallest absolute Gasteiger partial charge is 0.289 e. The molecule has 0 atom stereocenters. The van der Waals surface area contributed by atoms with Gasteiger partial charge in [-0.3, -0.25) is 9.59 Å². The van der Waals surface area contributed by atoms with Gasteiger partial charge in [0.15, 0.2) is 5.76 Å². The van der Waals surface area contributed by atoms with Gasteiger partial charge in [0.25, 0.3) is 11.8 Å². The summed E-state index contributed by atoms with van der Waals surface area (Å²) in [5, 5.41) is 2.92. The second-order valence-electron chi connectivity index (χ2n) is 6.28. The molecule has 0 aromatic carbocycles. The fourth-order valence-electron chi connectivity index (χ4n) is 2.76. The Kier molecular flexibility index (Phi) is 4.09. The molecule has 1 aliphatic heterocycles. The van der Waals surface area contributed by atoms with E-state index in [0.29, 0.717) is 49.5 Å². The van der Waals surface area contributed by atoms with Gasteiger partial charge in [0.05, 0.1) is 11.8 Å². The second kappa shape index (κ2) is 6.54. The maximum Gasteiger partial charge on any atom is 0.289 e. The molecule has 2 aromatic rings. The van der Waals surface area contributed by atoms with E-state index in [2.05, 4.69) is 15.3 Å². The maximum absolute atomic E-state index is 12.3. The molecule has 0 spiro atoms. The van der Waals surface area contributed by atoms with Gasteiger partial charge < -0.3 is 19.5 Å². The Morgan fingerprint density at radius 3 is 2.44 bits per heavy atom. The minimum absolute atomic E-state index is 0.0994. The predicted molar refractivity (Wildman–Crippen MR) is 89.3 cm³/mol. The van der Waals surface area contributed by atoms with Crippen LogP contribution in [0.25, 0.3) is 0 Å². The zero-order valence-electron chi connectivity index (χ0n) is 13.7. The number of nitrogens with zero attached hydrogens (tertiary/aromatic N) is 4. The van der Waals surface area contributed by atoms with E-state index < -0.39 is 0 Å². The molecule has 2 aromatic heterocycles. The van der Waals surface area contributed by atoms with Crippen molar-refractivity contribution in [3.05, 3.63) is 42.1 Å². The SMILES string of the molecule is O=C(NC1CC1)c1cnc(N2CCN(C(=O)c3ccco3)CC2)nc1. The van der Waals surface area contributed by atoms with Crippen LogP contribution in [-0.2, 0) is 0 Å². The summed E-state index contributed by atoms with van der Waals surface area (Å²) in [6, 6.07) is 3.69. The highest BCUT2D eigenvalue weighted by molar-refractivity contribution is 5.94. The molecule has 0 radical (unpaired) electrons. The first kappa shape index (κ1) is 15.6. The number of aromatic nitrogens is 2. The van der Waals surface area contributed by atoms with Crippen molar-refractivity contribution in [1.29, 1.82) is 0 Å². The number of carbonyl (C=O) groups excluding carboxylic acids is 2. The average molecular weight is 341 g/mol. The van der Waals surface area contributed by atoms with E-state index in [1.54, 1.807) is 29.4 Å². The van der Waals surface area contributed by atoms with Crippen LogP contribution in [0.5, 0.6) is 0 Å². The summed E-state index contributed by atoms with van der Waals surface area (Å²) >= 11 is 0. The number of piperazine rings is 1. The molecule has 2 aliphatic rings. The molecule has 3 heterocycles. The summed E-state index contributed by atoms with van der Waals surface area (Å²) < 4.78 is 5.16. The normalized spacial score (nSPS) is 17.4. The monoisotopic (exact) mass is 341 g/mol. The van der Waals surface area contributed by atoms with Crippen molar-refractivity contribution in [3.8, 4) is 0 Å². The van der Waals surface area contributed by atoms with E-state index in [-0.39, 0.29) is 11.8 Å². The standard InChI is InChI=1S/C17H19N5O3/c23-15(20-13-3-4-13)12-10-18-17(19-11-12)22-7-5-21(6-8-22)16(24)14-2-1-9-25-14/h1-2,9-11,13H,3-8H2,(H,20,23). The van der Waals surface area contributed by atoms with Gasteiger partial charge in [0.1, 0.15) is 0 Å². The molecule has 1 saturated heterocycles. The van der Waals surface area contributed by atoms with E-state index in [9.17, 15) is 9.59 Å². The molecule has 8 nitrogen and oxygen atoms in total. The molecule has 1 N–H and O–H groups in total. The zero-order chi connectivity index (χ0) is 17.2. The molecular weight excluding hydrogens is 322 g/mol. The van der Waals surface area contributed by atoms with Crippen LogP contribution >= 0.6 is 0 Å². The zero-order valence-corrected chi connectivity index (χ0v) is 13.7. The Morgan fingerprint density at radius 2 is 1.84 bits per heavy atom. The van der Waals surface area contributed by atoms with Gasteiger partial charge in [-0.2, -0.15) is 0 Å². The van der Waals surface area contributed by atoms with Crippen molar-refractivity contribution in [2.75, 3.05) is 31.1 Å². The summed E-state index contributed by atoms with van der Waals surface area (Å²) in [6.07, 6.45) is 6.70. The van der Waals surface area contributed by atoms with Crippen LogP contribution in [0.3, 0.4) is 0 Å². The number of hydrogen-bond acceptors (Lipinski definition) is 6. The third-order valence-electron chi connectivity index (χ3n) is 4.39. The van der Waals surface area contributed by atoms with Crippen LogP contribution in [0.15, 0.2) is 35.2 Å². The van der Waals surface area contributed by atoms with Gasteiger partial charge in [-0.25, -0.2) is 9.97 Å². The number of rotatable bonds is 4. The fourth-order valence-corrected chi connectivity index (χ4v) is 2.76. The number of nitrogens with one attached hydrogen (secondary N) is 1. The topological polar surface area (TPSA) is 91.6 Å². The number of furan rings is 1. The van der Waals surface area contributed by atoms with Crippen LogP contribution in [0.1, 0.15) is 33.8 Å². The highest BCUT2D eigenvalue weighted by Gasteiger charge is 2.26. The molecule has 25 heavy (non-hydrogen) atoms.